The van der Waals surface area contributed by atoms with Gasteiger partial charge in [0.25, 0.3) is 0 Å². The van der Waals surface area contributed by atoms with Crippen molar-refractivity contribution in [1.82, 2.24) is 5.32 Å². The van der Waals surface area contributed by atoms with Crippen LogP contribution in [0.1, 0.15) is 202 Å². The number of amides is 1. The number of hydrogen-bond acceptors (Lipinski definition) is 10. The first kappa shape index (κ1) is 55.7. The molecule has 1 aliphatic heterocycles. The Kier molecular flexibility index (Phi) is 30.5. The van der Waals surface area contributed by atoms with E-state index >= 15 is 0 Å². The molecule has 4 N–H and O–H groups in total. The highest BCUT2D eigenvalue weighted by molar-refractivity contribution is 5.90. The van der Waals surface area contributed by atoms with E-state index in [0.717, 1.165) is 44.9 Å². The van der Waals surface area contributed by atoms with Gasteiger partial charge in [-0.1, -0.05) is 198 Å². The van der Waals surface area contributed by atoms with Crippen molar-refractivity contribution >= 4 is 17.8 Å². The molecule has 11 nitrogen and oxygen atoms in total. The first-order valence-electron chi connectivity index (χ1n) is 25.5. The van der Waals surface area contributed by atoms with Crippen LogP contribution in [-0.2, 0) is 23.7 Å². The molecule has 0 spiro atoms. The van der Waals surface area contributed by atoms with Gasteiger partial charge in [-0.15, -0.1) is 0 Å². The zero-order valence-electron chi connectivity index (χ0n) is 40.0. The van der Waals surface area contributed by atoms with E-state index in [1.54, 1.807) is 60.7 Å². The molecule has 0 saturated carbocycles. The van der Waals surface area contributed by atoms with E-state index in [1.807, 2.05) is 12.1 Å². The number of esters is 2. The number of nitrogens with one attached hydrogen (secondary N) is 1. The van der Waals surface area contributed by atoms with Crippen LogP contribution in [0, 0.1) is 0 Å². The van der Waals surface area contributed by atoms with Crippen LogP contribution in [0.15, 0.2) is 72.8 Å². The molecular weight excluding hydrogens is 823 g/mol. The number of carbonyl (C=O) groups excluding carboxylic acids is 3. The topological polar surface area (TPSA) is 161 Å². The zero-order valence-corrected chi connectivity index (χ0v) is 40.0. The third-order valence-corrected chi connectivity index (χ3v) is 12.3. The van der Waals surface area contributed by atoms with E-state index in [0.29, 0.717) is 12.0 Å². The van der Waals surface area contributed by atoms with E-state index < -0.39 is 61.4 Å². The van der Waals surface area contributed by atoms with Crippen molar-refractivity contribution in [3.05, 3.63) is 83.9 Å². The van der Waals surface area contributed by atoms with E-state index in [4.69, 9.17) is 18.9 Å². The second-order valence-corrected chi connectivity index (χ2v) is 17.9. The van der Waals surface area contributed by atoms with Gasteiger partial charge in [-0.25, -0.2) is 9.59 Å². The summed E-state index contributed by atoms with van der Waals surface area (Å²) in [5.74, 6) is -1.58. The summed E-state index contributed by atoms with van der Waals surface area (Å²) in [6.07, 6.45) is 25.4. The van der Waals surface area contributed by atoms with Crippen molar-refractivity contribution in [3.8, 4) is 0 Å². The summed E-state index contributed by atoms with van der Waals surface area (Å²) in [7, 11) is 0. The number of rotatable bonds is 37. The van der Waals surface area contributed by atoms with Gasteiger partial charge < -0.3 is 39.6 Å². The number of aliphatic hydroxyl groups excluding tert-OH is 3. The van der Waals surface area contributed by atoms with Gasteiger partial charge in [0, 0.05) is 6.42 Å². The molecule has 1 saturated heterocycles. The van der Waals surface area contributed by atoms with Gasteiger partial charge in [0.15, 0.2) is 12.4 Å². The Labute approximate surface area is 391 Å². The van der Waals surface area contributed by atoms with Gasteiger partial charge in [-0.3, -0.25) is 4.79 Å². The predicted octanol–water partition coefficient (Wildman–Crippen LogP) is 11.1. The van der Waals surface area contributed by atoms with Crippen molar-refractivity contribution in [3.63, 3.8) is 0 Å². The second kappa shape index (κ2) is 35.6. The van der Waals surface area contributed by atoms with Crippen molar-refractivity contribution < 1.29 is 48.7 Å². The summed E-state index contributed by atoms with van der Waals surface area (Å²) in [6, 6.07) is 15.9. The molecule has 0 aromatic heterocycles. The molecule has 1 heterocycles. The Hall–Kier alpha value is -3.61. The van der Waals surface area contributed by atoms with E-state index in [1.165, 1.54) is 109 Å². The maximum absolute atomic E-state index is 13.7. The van der Waals surface area contributed by atoms with Gasteiger partial charge in [0.2, 0.25) is 5.91 Å². The molecular formula is C54H85NO10. The lowest BCUT2D eigenvalue weighted by Crippen LogP contribution is -2.61. The van der Waals surface area contributed by atoms with Crippen LogP contribution in [0.5, 0.6) is 0 Å². The van der Waals surface area contributed by atoms with Gasteiger partial charge in [0.1, 0.15) is 24.4 Å². The van der Waals surface area contributed by atoms with Crippen LogP contribution < -0.4 is 5.32 Å². The highest BCUT2D eigenvalue weighted by Crippen LogP contribution is 2.26. The molecule has 2 aromatic carbocycles. The Morgan fingerprint density at radius 1 is 0.631 bits per heavy atom. The van der Waals surface area contributed by atoms with Gasteiger partial charge in [0.05, 0.1) is 30.4 Å². The summed E-state index contributed by atoms with van der Waals surface area (Å²) in [5, 5.41) is 35.0. The lowest BCUT2D eigenvalue weighted by atomic mass is 9.99. The van der Waals surface area contributed by atoms with Crippen LogP contribution in [-0.4, -0.2) is 89.2 Å². The number of carbonyl (C=O) groups is 3. The minimum atomic E-state index is -1.67. The molecule has 65 heavy (non-hydrogen) atoms. The first-order chi connectivity index (χ1) is 31.8. The highest BCUT2D eigenvalue weighted by Gasteiger charge is 2.47. The number of allylic oxidation sites excluding steroid dienone is 1. The van der Waals surface area contributed by atoms with Crippen molar-refractivity contribution in [1.29, 1.82) is 0 Å². The van der Waals surface area contributed by atoms with Gasteiger partial charge >= 0.3 is 11.9 Å². The molecule has 11 heteroatoms. The van der Waals surface area contributed by atoms with E-state index in [2.05, 4.69) is 19.2 Å². The quantitative estimate of drug-likeness (QED) is 0.0292. The third kappa shape index (κ3) is 23.6. The normalized spacial score (nSPS) is 19.5. The maximum Gasteiger partial charge on any atom is 0.338 e. The fraction of sp³-hybridized carbons (Fsp3) is 0.685. The summed E-state index contributed by atoms with van der Waals surface area (Å²) >= 11 is 0. The number of unbranched alkanes of at least 4 members (excludes halogenated alkanes) is 23. The molecule has 3 rings (SSSR count). The van der Waals surface area contributed by atoms with Crippen LogP contribution in [0.2, 0.25) is 0 Å². The fourth-order valence-corrected chi connectivity index (χ4v) is 8.26. The largest absolute Gasteiger partial charge is 0.452 e. The maximum atomic E-state index is 13.7. The predicted molar refractivity (Wildman–Crippen MR) is 257 cm³/mol. The van der Waals surface area contributed by atoms with Crippen LogP contribution in [0.25, 0.3) is 0 Å². The molecule has 1 amide bonds. The summed E-state index contributed by atoms with van der Waals surface area (Å²) in [5.41, 5.74) is 0.562. The van der Waals surface area contributed by atoms with Crippen LogP contribution in [0.4, 0.5) is 0 Å². The molecule has 2 aromatic rings. The summed E-state index contributed by atoms with van der Waals surface area (Å²) in [4.78, 5) is 40.4. The summed E-state index contributed by atoms with van der Waals surface area (Å²) < 4.78 is 23.9. The van der Waals surface area contributed by atoms with Gasteiger partial charge in [-0.2, -0.15) is 0 Å². The minimum Gasteiger partial charge on any atom is -0.452 e. The average Bonchev–Trinajstić information content (AvgIpc) is 3.32. The van der Waals surface area contributed by atoms with Crippen molar-refractivity contribution in [2.75, 3.05) is 13.2 Å². The average molecular weight is 908 g/mol. The Morgan fingerprint density at radius 3 is 1.58 bits per heavy atom. The Balaban J connectivity index is 1.70. The number of benzene rings is 2. The molecule has 1 aliphatic rings. The van der Waals surface area contributed by atoms with Crippen molar-refractivity contribution in [2.24, 2.45) is 0 Å². The molecule has 0 aliphatic carbocycles. The van der Waals surface area contributed by atoms with E-state index in [-0.39, 0.29) is 24.5 Å². The molecule has 1 fully saturated rings. The minimum absolute atomic E-state index is 0.214. The molecule has 0 radical (unpaired) electrons. The molecule has 366 valence electrons. The van der Waals surface area contributed by atoms with Crippen LogP contribution in [0.3, 0.4) is 0 Å². The highest BCUT2D eigenvalue weighted by atomic mass is 16.7. The third-order valence-electron chi connectivity index (χ3n) is 12.3. The standard InChI is InChI=1S/C54H85NO10/c1-3-5-7-9-11-13-15-17-19-21-23-25-33-39-46(63-52(60)43-35-29-27-30-36-43)45(55-48(57)40-34-26-24-22-20-18-16-14-12-10-8-6-4-2)42-62-54-51(50(59)49(58)47(41-56)64-54)65-53(61)44-37-31-28-32-38-44/h27-33,35-39,45-47,49-51,54,56,58-59H,3-26,34,40-42H2,1-2H3,(H,55,57)/t45?,46?,47-,49+,50+,51-,54+/m1/s1. The Morgan fingerprint density at radius 2 is 1.09 bits per heavy atom. The molecule has 7 atom stereocenters. The molecule has 0 bridgehead atoms. The lowest BCUT2D eigenvalue weighted by molar-refractivity contribution is -0.301. The lowest BCUT2D eigenvalue weighted by Gasteiger charge is -2.41. The number of hydrogen-bond donors (Lipinski definition) is 4. The SMILES string of the molecule is CCCCCCCCCCCCCC=CC(OC(=O)c1ccccc1)C(CO[C@H]1O[C@H](CO)[C@H](O)[C@H](O)[C@H]1OC(=O)c1ccccc1)NC(=O)CCCCCCCCCCCCCCC. The van der Waals surface area contributed by atoms with E-state index in [9.17, 15) is 29.7 Å². The second-order valence-electron chi connectivity index (χ2n) is 17.9. The van der Waals surface area contributed by atoms with Crippen LogP contribution >= 0.6 is 0 Å². The molecule has 2 unspecified atom stereocenters. The fourth-order valence-electron chi connectivity index (χ4n) is 8.26. The number of ether oxygens (including phenoxy) is 4. The zero-order chi connectivity index (χ0) is 46.7. The number of aliphatic hydroxyl groups is 3. The summed E-state index contributed by atoms with van der Waals surface area (Å²) in [6.45, 7) is 3.56. The van der Waals surface area contributed by atoms with Gasteiger partial charge in [-0.05, 0) is 49.6 Å². The smallest absolute Gasteiger partial charge is 0.338 e. The monoisotopic (exact) mass is 908 g/mol. The Bertz CT molecular complexity index is 1540. The first-order valence-corrected chi connectivity index (χ1v) is 25.5. The van der Waals surface area contributed by atoms with Crippen molar-refractivity contribution in [2.45, 2.75) is 224 Å².